The summed E-state index contributed by atoms with van der Waals surface area (Å²) < 4.78 is 0. The maximum atomic E-state index is 11.9. The molecule has 1 saturated heterocycles. The van der Waals surface area contributed by atoms with Gasteiger partial charge < -0.3 is 5.32 Å². The number of benzene rings is 2. The Morgan fingerprint density at radius 3 is 2.68 bits per heavy atom. The van der Waals surface area contributed by atoms with E-state index in [0.717, 1.165) is 23.1 Å². The summed E-state index contributed by atoms with van der Waals surface area (Å²) in [6.07, 6.45) is 1.18. The van der Waals surface area contributed by atoms with E-state index < -0.39 is 4.92 Å². The first kappa shape index (κ1) is 16.4. The first-order chi connectivity index (χ1) is 12.0. The number of fused-ring (bicyclic) bond motifs is 3. The number of amides is 1. The van der Waals surface area contributed by atoms with Crippen molar-refractivity contribution in [3.05, 3.63) is 73.2 Å². The van der Waals surface area contributed by atoms with Crippen molar-refractivity contribution in [3.63, 3.8) is 0 Å². The van der Waals surface area contributed by atoms with Gasteiger partial charge in [0.2, 0.25) is 5.91 Å². The Labute approximate surface area is 154 Å². The highest BCUT2D eigenvalue weighted by Gasteiger charge is 2.44. The number of rotatable bonds is 2. The van der Waals surface area contributed by atoms with Crippen molar-refractivity contribution in [1.29, 1.82) is 0 Å². The molecule has 0 bridgehead atoms. The summed E-state index contributed by atoms with van der Waals surface area (Å²) in [5, 5.41) is 15.0. The molecule has 1 amide bonds. The van der Waals surface area contributed by atoms with Crippen LogP contribution < -0.4 is 5.32 Å². The number of hydrogen-bond donors (Lipinski definition) is 1. The molecule has 5 nitrogen and oxygen atoms in total. The van der Waals surface area contributed by atoms with Gasteiger partial charge in [-0.3, -0.25) is 14.9 Å². The second-order valence-electron chi connectivity index (χ2n) is 6.47. The summed E-state index contributed by atoms with van der Waals surface area (Å²) in [5.74, 6) is 0.118. The highest BCUT2D eigenvalue weighted by Crippen LogP contribution is 2.53. The highest BCUT2D eigenvalue weighted by atomic mass is 35.5. The topological polar surface area (TPSA) is 72.2 Å². The molecular formula is C18H14Cl2N2O3. The summed E-state index contributed by atoms with van der Waals surface area (Å²) in [5.41, 5.74) is 2.76. The molecule has 0 saturated carbocycles. The number of piperidine rings is 1. The van der Waals surface area contributed by atoms with Gasteiger partial charge in [0.1, 0.15) is 5.02 Å². The van der Waals surface area contributed by atoms with E-state index in [-0.39, 0.29) is 34.5 Å². The molecule has 1 heterocycles. The number of halogens is 2. The minimum absolute atomic E-state index is 0.0323. The fourth-order valence-corrected chi connectivity index (χ4v) is 4.47. The third-order valence-corrected chi connectivity index (χ3v) is 5.68. The Bertz CT molecular complexity index is 900. The maximum Gasteiger partial charge on any atom is 0.288 e. The van der Waals surface area contributed by atoms with Crippen molar-refractivity contribution >= 4 is 34.8 Å². The predicted molar refractivity (Wildman–Crippen MR) is 95.0 cm³/mol. The summed E-state index contributed by atoms with van der Waals surface area (Å²) in [4.78, 5) is 22.7. The van der Waals surface area contributed by atoms with Crippen LogP contribution in [0.3, 0.4) is 0 Å². The SMILES string of the molecule is O=C1CCC2C(N1)c1ccc(Cl)cc1C2c1ccc(Cl)c([N+](=O)[O-])c1. The Kier molecular flexibility index (Phi) is 3.93. The molecule has 25 heavy (non-hydrogen) atoms. The second-order valence-corrected chi connectivity index (χ2v) is 7.31. The fraction of sp³-hybridized carbons (Fsp3) is 0.278. The Balaban J connectivity index is 1.87. The molecular weight excluding hydrogens is 363 g/mol. The monoisotopic (exact) mass is 376 g/mol. The molecule has 2 aromatic carbocycles. The van der Waals surface area contributed by atoms with Gasteiger partial charge in [-0.05, 0) is 47.2 Å². The molecule has 3 unspecified atom stereocenters. The molecule has 128 valence electrons. The molecule has 0 spiro atoms. The predicted octanol–water partition coefficient (Wildman–Crippen LogP) is 4.61. The van der Waals surface area contributed by atoms with Crippen LogP contribution in [0.4, 0.5) is 5.69 Å². The van der Waals surface area contributed by atoms with Gasteiger partial charge in [-0.25, -0.2) is 0 Å². The standard InChI is InChI=1S/C18H14Cl2N2O3/c19-10-2-3-11-13(8-10)17(12-4-6-16(23)21-18(11)12)9-1-5-14(20)15(7-9)22(24)25/h1-3,5,7-8,12,17-18H,4,6H2,(H,21,23). The van der Waals surface area contributed by atoms with Gasteiger partial charge >= 0.3 is 0 Å². The van der Waals surface area contributed by atoms with Crippen molar-refractivity contribution in [2.24, 2.45) is 5.92 Å². The number of hydrogen-bond acceptors (Lipinski definition) is 3. The van der Waals surface area contributed by atoms with Crippen LogP contribution in [0.25, 0.3) is 0 Å². The molecule has 0 radical (unpaired) electrons. The molecule has 2 aliphatic rings. The van der Waals surface area contributed by atoms with E-state index >= 15 is 0 Å². The number of carbonyl (C=O) groups excluding carboxylic acids is 1. The average molecular weight is 377 g/mol. The third-order valence-electron chi connectivity index (χ3n) is 5.12. The van der Waals surface area contributed by atoms with Gasteiger partial charge in [0.15, 0.2) is 0 Å². The van der Waals surface area contributed by atoms with Crippen LogP contribution in [-0.2, 0) is 4.79 Å². The highest BCUT2D eigenvalue weighted by molar-refractivity contribution is 6.32. The van der Waals surface area contributed by atoms with Crippen molar-refractivity contribution in [3.8, 4) is 0 Å². The number of nitro groups is 1. The van der Waals surface area contributed by atoms with E-state index in [9.17, 15) is 14.9 Å². The van der Waals surface area contributed by atoms with Crippen molar-refractivity contribution in [1.82, 2.24) is 5.32 Å². The van der Waals surface area contributed by atoms with Crippen LogP contribution in [0.1, 0.15) is 41.5 Å². The van der Waals surface area contributed by atoms with Gasteiger partial charge in [0, 0.05) is 23.4 Å². The normalized spacial score (nSPS) is 24.4. The number of carbonyl (C=O) groups is 1. The van der Waals surface area contributed by atoms with E-state index in [1.54, 1.807) is 6.07 Å². The lowest BCUT2D eigenvalue weighted by Gasteiger charge is -2.30. The van der Waals surface area contributed by atoms with Gasteiger partial charge in [0.05, 0.1) is 11.0 Å². The molecule has 1 N–H and O–H groups in total. The van der Waals surface area contributed by atoms with Gasteiger partial charge in [-0.2, -0.15) is 0 Å². The number of nitro benzene ring substituents is 1. The molecule has 1 fully saturated rings. The maximum absolute atomic E-state index is 11.9. The van der Waals surface area contributed by atoms with Crippen LogP contribution in [-0.4, -0.2) is 10.8 Å². The first-order valence-electron chi connectivity index (χ1n) is 7.98. The molecule has 1 aliphatic carbocycles. The van der Waals surface area contributed by atoms with E-state index in [0.29, 0.717) is 11.4 Å². The smallest absolute Gasteiger partial charge is 0.288 e. The van der Waals surface area contributed by atoms with Crippen molar-refractivity contribution in [2.45, 2.75) is 24.8 Å². The molecule has 7 heteroatoms. The molecule has 1 aliphatic heterocycles. The average Bonchev–Trinajstić information content (AvgIpc) is 2.88. The molecule has 4 rings (SSSR count). The van der Waals surface area contributed by atoms with E-state index in [1.165, 1.54) is 6.07 Å². The lowest BCUT2D eigenvalue weighted by atomic mass is 9.80. The molecule has 2 aromatic rings. The van der Waals surface area contributed by atoms with Crippen molar-refractivity contribution < 1.29 is 9.72 Å². The zero-order valence-corrected chi connectivity index (χ0v) is 14.6. The fourth-order valence-electron chi connectivity index (χ4n) is 4.10. The third kappa shape index (κ3) is 2.68. The molecule has 3 atom stereocenters. The zero-order chi connectivity index (χ0) is 17.7. The largest absolute Gasteiger partial charge is 0.349 e. The second kappa shape index (κ2) is 6.00. The van der Waals surface area contributed by atoms with E-state index in [2.05, 4.69) is 5.32 Å². The van der Waals surface area contributed by atoms with Gasteiger partial charge in [-0.15, -0.1) is 0 Å². The summed E-state index contributed by atoms with van der Waals surface area (Å²) in [7, 11) is 0. The summed E-state index contributed by atoms with van der Waals surface area (Å²) in [6, 6.07) is 10.5. The van der Waals surface area contributed by atoms with Crippen LogP contribution in [0, 0.1) is 16.0 Å². The summed E-state index contributed by atoms with van der Waals surface area (Å²) in [6.45, 7) is 0. The molecule has 0 aromatic heterocycles. The first-order valence-corrected chi connectivity index (χ1v) is 8.74. The minimum atomic E-state index is -0.472. The zero-order valence-electron chi connectivity index (χ0n) is 13.0. The van der Waals surface area contributed by atoms with Gasteiger partial charge in [-0.1, -0.05) is 35.3 Å². The Morgan fingerprint density at radius 1 is 1.12 bits per heavy atom. The lowest BCUT2D eigenvalue weighted by molar-refractivity contribution is -0.384. The van der Waals surface area contributed by atoms with Crippen LogP contribution >= 0.6 is 23.2 Å². The van der Waals surface area contributed by atoms with Crippen LogP contribution in [0.15, 0.2) is 36.4 Å². The summed E-state index contributed by atoms with van der Waals surface area (Å²) >= 11 is 12.2. The number of nitrogens with one attached hydrogen (secondary N) is 1. The van der Waals surface area contributed by atoms with Crippen LogP contribution in [0.2, 0.25) is 10.0 Å². The number of nitrogens with zero attached hydrogens (tertiary/aromatic N) is 1. The van der Waals surface area contributed by atoms with Crippen LogP contribution in [0.5, 0.6) is 0 Å². The Hall–Kier alpha value is -2.11. The van der Waals surface area contributed by atoms with Gasteiger partial charge in [0.25, 0.3) is 5.69 Å². The lowest BCUT2D eigenvalue weighted by Crippen LogP contribution is -2.37. The quantitative estimate of drug-likeness (QED) is 0.613. The van der Waals surface area contributed by atoms with Crippen molar-refractivity contribution in [2.75, 3.05) is 0 Å². The minimum Gasteiger partial charge on any atom is -0.349 e. The Morgan fingerprint density at radius 2 is 1.92 bits per heavy atom. The van der Waals surface area contributed by atoms with E-state index in [4.69, 9.17) is 23.2 Å². The van der Waals surface area contributed by atoms with E-state index in [1.807, 2.05) is 24.3 Å².